The van der Waals surface area contributed by atoms with Crippen molar-refractivity contribution < 1.29 is 4.79 Å². The molecule has 0 atom stereocenters. The van der Waals surface area contributed by atoms with Crippen molar-refractivity contribution >= 4 is 5.91 Å². The molecule has 0 saturated heterocycles. The van der Waals surface area contributed by atoms with Gasteiger partial charge < -0.3 is 5.32 Å². The van der Waals surface area contributed by atoms with Crippen LogP contribution in [0.4, 0.5) is 0 Å². The van der Waals surface area contributed by atoms with Crippen LogP contribution < -0.4 is 5.32 Å². The molecule has 1 amide bonds. The third-order valence-electron chi connectivity index (χ3n) is 2.29. The first-order valence-electron chi connectivity index (χ1n) is 4.93. The molecule has 76 valence electrons. The van der Waals surface area contributed by atoms with E-state index in [1.54, 1.807) is 7.05 Å². The Balaban J connectivity index is 2.69. The third kappa shape index (κ3) is 2.87. The first-order chi connectivity index (χ1) is 6.63. The highest BCUT2D eigenvalue weighted by Gasteiger charge is 2.02. The van der Waals surface area contributed by atoms with Gasteiger partial charge in [-0.1, -0.05) is 38.1 Å². The number of likely N-dealkylation sites (N-methyl/N-ethyl adjacent to an activating group) is 1. The van der Waals surface area contributed by atoms with Crippen LogP contribution in [0.5, 0.6) is 0 Å². The highest BCUT2D eigenvalue weighted by atomic mass is 16.1. The summed E-state index contributed by atoms with van der Waals surface area (Å²) in [6, 6.07) is 8.21. The number of carbonyl (C=O) groups is 1. The SMILES string of the molecule is CNC(=O)Cc1ccc(C(C)C)cc1. The second-order valence-corrected chi connectivity index (χ2v) is 3.75. The standard InChI is InChI=1S/C12H17NO/c1-9(2)11-6-4-10(5-7-11)8-12(14)13-3/h4-7,9H,8H2,1-3H3,(H,13,14). The summed E-state index contributed by atoms with van der Waals surface area (Å²) in [4.78, 5) is 11.1. The average Bonchev–Trinajstić information content (AvgIpc) is 2.18. The molecule has 1 aromatic rings. The smallest absolute Gasteiger partial charge is 0.224 e. The Labute approximate surface area is 85.3 Å². The summed E-state index contributed by atoms with van der Waals surface area (Å²) >= 11 is 0. The first kappa shape index (κ1) is 10.8. The van der Waals surface area contributed by atoms with Crippen molar-refractivity contribution in [3.63, 3.8) is 0 Å². The van der Waals surface area contributed by atoms with Gasteiger partial charge in [-0.15, -0.1) is 0 Å². The average molecular weight is 191 g/mol. The van der Waals surface area contributed by atoms with Crippen molar-refractivity contribution in [1.82, 2.24) is 5.32 Å². The molecule has 0 spiro atoms. The van der Waals surface area contributed by atoms with Crippen molar-refractivity contribution in [3.8, 4) is 0 Å². The van der Waals surface area contributed by atoms with Crippen molar-refractivity contribution in [2.75, 3.05) is 7.05 Å². The van der Waals surface area contributed by atoms with Crippen LogP contribution in [0.1, 0.15) is 30.9 Å². The van der Waals surface area contributed by atoms with Gasteiger partial charge in [-0.3, -0.25) is 4.79 Å². The fourth-order valence-corrected chi connectivity index (χ4v) is 1.29. The van der Waals surface area contributed by atoms with E-state index in [0.29, 0.717) is 12.3 Å². The lowest BCUT2D eigenvalue weighted by molar-refractivity contribution is -0.119. The van der Waals surface area contributed by atoms with Gasteiger partial charge in [0.1, 0.15) is 0 Å². The zero-order chi connectivity index (χ0) is 10.6. The summed E-state index contributed by atoms with van der Waals surface area (Å²) in [7, 11) is 1.66. The molecule has 0 aliphatic rings. The summed E-state index contributed by atoms with van der Waals surface area (Å²) in [5, 5.41) is 2.61. The van der Waals surface area contributed by atoms with Crippen LogP contribution >= 0.6 is 0 Å². The van der Waals surface area contributed by atoms with E-state index in [0.717, 1.165) is 5.56 Å². The lowest BCUT2D eigenvalue weighted by atomic mass is 10.0. The van der Waals surface area contributed by atoms with Gasteiger partial charge in [0.15, 0.2) is 0 Å². The fraction of sp³-hybridized carbons (Fsp3) is 0.417. The highest BCUT2D eigenvalue weighted by molar-refractivity contribution is 5.78. The Morgan fingerprint density at radius 2 is 1.86 bits per heavy atom. The lowest BCUT2D eigenvalue weighted by Crippen LogP contribution is -2.19. The van der Waals surface area contributed by atoms with Crippen molar-refractivity contribution in [3.05, 3.63) is 35.4 Å². The van der Waals surface area contributed by atoms with Crippen LogP contribution in [0, 0.1) is 0 Å². The summed E-state index contributed by atoms with van der Waals surface area (Å²) < 4.78 is 0. The van der Waals surface area contributed by atoms with Crippen LogP contribution in [0.2, 0.25) is 0 Å². The number of carbonyl (C=O) groups excluding carboxylic acids is 1. The van der Waals surface area contributed by atoms with Crippen LogP contribution in [-0.4, -0.2) is 13.0 Å². The minimum Gasteiger partial charge on any atom is -0.359 e. The molecule has 0 fully saturated rings. The Hall–Kier alpha value is -1.31. The van der Waals surface area contributed by atoms with E-state index in [9.17, 15) is 4.79 Å². The minimum atomic E-state index is 0.0577. The predicted molar refractivity (Wildman–Crippen MR) is 58.3 cm³/mol. The number of hydrogen-bond donors (Lipinski definition) is 1. The van der Waals surface area contributed by atoms with E-state index in [1.165, 1.54) is 5.56 Å². The molecule has 0 aromatic heterocycles. The molecule has 1 N–H and O–H groups in total. The fourth-order valence-electron chi connectivity index (χ4n) is 1.29. The summed E-state index contributed by atoms with van der Waals surface area (Å²) in [6.45, 7) is 4.32. The quantitative estimate of drug-likeness (QED) is 0.778. The van der Waals surface area contributed by atoms with Gasteiger partial charge in [-0.25, -0.2) is 0 Å². The topological polar surface area (TPSA) is 29.1 Å². The molecule has 0 aliphatic carbocycles. The molecule has 1 aromatic carbocycles. The van der Waals surface area contributed by atoms with Gasteiger partial charge in [0.2, 0.25) is 5.91 Å². The van der Waals surface area contributed by atoms with Crippen molar-refractivity contribution in [1.29, 1.82) is 0 Å². The monoisotopic (exact) mass is 191 g/mol. The third-order valence-corrected chi connectivity index (χ3v) is 2.29. The Bertz CT molecular complexity index is 301. The summed E-state index contributed by atoms with van der Waals surface area (Å²) in [6.07, 6.45) is 0.467. The lowest BCUT2D eigenvalue weighted by Gasteiger charge is -2.06. The number of benzene rings is 1. The van der Waals surface area contributed by atoms with E-state index in [2.05, 4.69) is 31.3 Å². The largest absolute Gasteiger partial charge is 0.359 e. The highest BCUT2D eigenvalue weighted by Crippen LogP contribution is 2.14. The molecule has 14 heavy (non-hydrogen) atoms. The van der Waals surface area contributed by atoms with E-state index >= 15 is 0 Å². The minimum absolute atomic E-state index is 0.0577. The zero-order valence-electron chi connectivity index (χ0n) is 9.00. The number of amides is 1. The Morgan fingerprint density at radius 1 is 1.29 bits per heavy atom. The zero-order valence-corrected chi connectivity index (χ0v) is 9.00. The van der Waals surface area contributed by atoms with E-state index in [4.69, 9.17) is 0 Å². The number of nitrogens with one attached hydrogen (secondary N) is 1. The van der Waals surface area contributed by atoms with Crippen molar-refractivity contribution in [2.45, 2.75) is 26.2 Å². The second-order valence-electron chi connectivity index (χ2n) is 3.75. The van der Waals surface area contributed by atoms with E-state index in [1.807, 2.05) is 12.1 Å². The predicted octanol–water partition coefficient (Wildman–Crippen LogP) is 2.10. The maximum atomic E-state index is 11.1. The number of hydrogen-bond acceptors (Lipinski definition) is 1. The molecule has 1 rings (SSSR count). The number of rotatable bonds is 3. The van der Waals surface area contributed by atoms with E-state index in [-0.39, 0.29) is 5.91 Å². The van der Waals surface area contributed by atoms with Crippen LogP contribution in [0.25, 0.3) is 0 Å². The summed E-state index contributed by atoms with van der Waals surface area (Å²) in [5.74, 6) is 0.603. The molecule has 0 unspecified atom stereocenters. The molecular weight excluding hydrogens is 174 g/mol. The van der Waals surface area contributed by atoms with Crippen molar-refractivity contribution in [2.24, 2.45) is 0 Å². The van der Waals surface area contributed by atoms with Gasteiger partial charge in [-0.05, 0) is 17.0 Å². The van der Waals surface area contributed by atoms with Crippen LogP contribution in [-0.2, 0) is 11.2 Å². The Morgan fingerprint density at radius 3 is 2.29 bits per heavy atom. The molecule has 0 bridgehead atoms. The molecule has 2 nitrogen and oxygen atoms in total. The molecule has 0 saturated carbocycles. The molecule has 2 heteroatoms. The maximum Gasteiger partial charge on any atom is 0.224 e. The van der Waals surface area contributed by atoms with Crippen LogP contribution in [0.3, 0.4) is 0 Å². The van der Waals surface area contributed by atoms with Gasteiger partial charge in [-0.2, -0.15) is 0 Å². The van der Waals surface area contributed by atoms with Gasteiger partial charge >= 0.3 is 0 Å². The summed E-state index contributed by atoms with van der Waals surface area (Å²) in [5.41, 5.74) is 2.37. The molecule has 0 radical (unpaired) electrons. The van der Waals surface area contributed by atoms with E-state index < -0.39 is 0 Å². The molecule has 0 heterocycles. The first-order valence-corrected chi connectivity index (χ1v) is 4.93. The van der Waals surface area contributed by atoms with Gasteiger partial charge in [0.25, 0.3) is 0 Å². The van der Waals surface area contributed by atoms with Gasteiger partial charge in [0, 0.05) is 7.05 Å². The molecule has 0 aliphatic heterocycles. The van der Waals surface area contributed by atoms with Gasteiger partial charge in [0.05, 0.1) is 6.42 Å². The second kappa shape index (κ2) is 4.80. The maximum absolute atomic E-state index is 11.1. The normalized spacial score (nSPS) is 10.3. The Kier molecular flexibility index (Phi) is 3.69. The van der Waals surface area contributed by atoms with Crippen LogP contribution in [0.15, 0.2) is 24.3 Å². The molecular formula is C12H17NO.